The topological polar surface area (TPSA) is 48.1 Å². The van der Waals surface area contributed by atoms with Gasteiger partial charge in [-0.05, 0) is 30.0 Å². The van der Waals surface area contributed by atoms with Gasteiger partial charge in [0, 0.05) is 42.7 Å². The van der Waals surface area contributed by atoms with E-state index < -0.39 is 0 Å². The van der Waals surface area contributed by atoms with E-state index in [1.165, 1.54) is 11.1 Å². The summed E-state index contributed by atoms with van der Waals surface area (Å²) in [6.45, 7) is 4.97. The van der Waals surface area contributed by atoms with Gasteiger partial charge in [-0.1, -0.05) is 42.5 Å². The van der Waals surface area contributed by atoms with Crippen LogP contribution in [-0.2, 0) is 0 Å². The number of aromatic nitrogens is 1. The molecule has 0 spiro atoms. The molecule has 2 aliphatic rings. The van der Waals surface area contributed by atoms with Crippen molar-refractivity contribution in [2.24, 2.45) is 11.8 Å². The minimum absolute atomic E-state index is 0.144. The molecule has 1 amide bonds. The highest BCUT2D eigenvalue weighted by Crippen LogP contribution is 2.44. The monoisotopic (exact) mass is 345 g/mol. The second kappa shape index (κ2) is 5.99. The Morgan fingerprint density at radius 3 is 2.77 bits per heavy atom. The van der Waals surface area contributed by atoms with Gasteiger partial charge in [0.2, 0.25) is 0 Å². The summed E-state index contributed by atoms with van der Waals surface area (Å²) in [6.07, 6.45) is 1.87. The molecule has 3 heterocycles. The van der Waals surface area contributed by atoms with Gasteiger partial charge in [-0.2, -0.15) is 0 Å². The van der Waals surface area contributed by atoms with Crippen LogP contribution >= 0.6 is 0 Å². The van der Waals surface area contributed by atoms with Crippen LogP contribution in [0, 0.1) is 18.8 Å². The van der Waals surface area contributed by atoms with E-state index in [-0.39, 0.29) is 11.9 Å². The average Bonchev–Trinajstić information content (AvgIpc) is 3.36. The summed E-state index contributed by atoms with van der Waals surface area (Å²) in [5.41, 5.74) is 4.36. The maximum atomic E-state index is 13.5. The number of hydrogen-bond donors (Lipinski definition) is 2. The van der Waals surface area contributed by atoms with Gasteiger partial charge in [0.15, 0.2) is 0 Å². The van der Waals surface area contributed by atoms with Crippen molar-refractivity contribution in [3.05, 3.63) is 71.4 Å². The van der Waals surface area contributed by atoms with E-state index >= 15 is 0 Å². The molecule has 2 aromatic carbocycles. The van der Waals surface area contributed by atoms with E-state index in [9.17, 15) is 4.79 Å². The predicted octanol–water partition coefficient (Wildman–Crippen LogP) is 3.51. The first-order valence-corrected chi connectivity index (χ1v) is 9.37. The molecule has 5 rings (SSSR count). The highest BCUT2D eigenvalue weighted by molar-refractivity contribution is 6.07. The van der Waals surface area contributed by atoms with Crippen molar-refractivity contribution in [1.82, 2.24) is 15.2 Å². The highest BCUT2D eigenvalue weighted by Gasteiger charge is 2.47. The summed E-state index contributed by atoms with van der Waals surface area (Å²) >= 11 is 0. The number of aromatic amines is 1. The van der Waals surface area contributed by atoms with Gasteiger partial charge in [-0.15, -0.1) is 0 Å². The molecular formula is C22H23N3O. The third-order valence-corrected chi connectivity index (χ3v) is 6.15. The van der Waals surface area contributed by atoms with Crippen LogP contribution in [0.3, 0.4) is 0 Å². The Labute approximate surface area is 153 Å². The van der Waals surface area contributed by atoms with Crippen molar-refractivity contribution in [2.75, 3.05) is 19.6 Å². The predicted molar refractivity (Wildman–Crippen MR) is 103 cm³/mol. The fourth-order valence-electron chi connectivity index (χ4n) is 4.85. The molecule has 132 valence electrons. The number of likely N-dealkylation sites (tertiary alicyclic amines) is 1. The second-order valence-corrected chi connectivity index (χ2v) is 7.59. The van der Waals surface area contributed by atoms with Crippen molar-refractivity contribution in [3.8, 4) is 0 Å². The summed E-state index contributed by atoms with van der Waals surface area (Å²) in [5.74, 6) is 1.17. The van der Waals surface area contributed by atoms with Gasteiger partial charge in [0.25, 0.3) is 5.91 Å². The molecule has 4 nitrogen and oxygen atoms in total. The quantitative estimate of drug-likeness (QED) is 0.747. The number of carbonyl (C=O) groups excluding carboxylic acids is 1. The Morgan fingerprint density at radius 1 is 1.08 bits per heavy atom. The largest absolute Gasteiger partial charge is 0.360 e. The second-order valence-electron chi connectivity index (χ2n) is 7.59. The SMILES string of the molecule is Cc1ccccc1[C@H]1[C@H]2CNC[C@H]2CN1C(=O)c1c[nH]c2ccccc12. The molecule has 2 N–H and O–H groups in total. The zero-order valence-corrected chi connectivity index (χ0v) is 14.9. The van der Waals surface area contributed by atoms with Crippen LogP contribution in [-0.4, -0.2) is 35.4 Å². The summed E-state index contributed by atoms with van der Waals surface area (Å²) in [4.78, 5) is 18.9. The van der Waals surface area contributed by atoms with Crippen LogP contribution in [0.25, 0.3) is 10.9 Å². The van der Waals surface area contributed by atoms with Gasteiger partial charge >= 0.3 is 0 Å². The normalized spacial score (nSPS) is 25.0. The molecule has 2 fully saturated rings. The molecular weight excluding hydrogens is 322 g/mol. The van der Waals surface area contributed by atoms with E-state index in [2.05, 4.69) is 46.4 Å². The van der Waals surface area contributed by atoms with Gasteiger partial charge in [-0.3, -0.25) is 4.79 Å². The van der Waals surface area contributed by atoms with Crippen LogP contribution < -0.4 is 5.32 Å². The summed E-state index contributed by atoms with van der Waals surface area (Å²) < 4.78 is 0. The van der Waals surface area contributed by atoms with E-state index in [0.717, 1.165) is 36.1 Å². The van der Waals surface area contributed by atoms with Crippen LogP contribution in [0.15, 0.2) is 54.7 Å². The Hall–Kier alpha value is -2.59. The van der Waals surface area contributed by atoms with Crippen molar-refractivity contribution >= 4 is 16.8 Å². The minimum atomic E-state index is 0.144. The minimum Gasteiger partial charge on any atom is -0.360 e. The number of nitrogens with one attached hydrogen (secondary N) is 2. The molecule has 1 aromatic heterocycles. The number of rotatable bonds is 2. The number of carbonyl (C=O) groups is 1. The molecule has 26 heavy (non-hydrogen) atoms. The first kappa shape index (κ1) is 15.6. The van der Waals surface area contributed by atoms with Crippen LogP contribution in [0.4, 0.5) is 0 Å². The fraction of sp³-hybridized carbons (Fsp3) is 0.318. The van der Waals surface area contributed by atoms with E-state index in [1.54, 1.807) is 0 Å². The van der Waals surface area contributed by atoms with Gasteiger partial charge < -0.3 is 15.2 Å². The average molecular weight is 345 g/mol. The maximum Gasteiger partial charge on any atom is 0.256 e. The van der Waals surface area contributed by atoms with E-state index in [0.29, 0.717) is 11.8 Å². The van der Waals surface area contributed by atoms with Crippen LogP contribution in [0.2, 0.25) is 0 Å². The number of para-hydroxylation sites is 1. The highest BCUT2D eigenvalue weighted by atomic mass is 16.2. The third-order valence-electron chi connectivity index (χ3n) is 6.15. The van der Waals surface area contributed by atoms with Gasteiger partial charge in [0.1, 0.15) is 0 Å². The Kier molecular flexibility index (Phi) is 3.61. The number of fused-ring (bicyclic) bond motifs is 2. The number of benzene rings is 2. The fourth-order valence-corrected chi connectivity index (χ4v) is 4.85. The number of amides is 1. The molecule has 0 unspecified atom stereocenters. The van der Waals surface area contributed by atoms with Gasteiger partial charge in [0.05, 0.1) is 11.6 Å². The zero-order valence-electron chi connectivity index (χ0n) is 14.9. The Bertz CT molecular complexity index is 976. The lowest BCUT2D eigenvalue weighted by atomic mass is 9.87. The molecule has 2 aliphatic heterocycles. The molecule has 3 atom stereocenters. The molecule has 3 aromatic rings. The number of H-pyrrole nitrogens is 1. The lowest BCUT2D eigenvalue weighted by Gasteiger charge is -2.29. The smallest absolute Gasteiger partial charge is 0.256 e. The molecule has 4 heteroatoms. The maximum absolute atomic E-state index is 13.5. The van der Waals surface area contributed by atoms with Crippen molar-refractivity contribution in [1.29, 1.82) is 0 Å². The zero-order chi connectivity index (χ0) is 17.7. The molecule has 0 radical (unpaired) electrons. The van der Waals surface area contributed by atoms with Gasteiger partial charge in [-0.25, -0.2) is 0 Å². The number of nitrogens with zero attached hydrogens (tertiary/aromatic N) is 1. The third kappa shape index (κ3) is 2.29. The van der Waals surface area contributed by atoms with Crippen molar-refractivity contribution in [2.45, 2.75) is 13.0 Å². The number of aryl methyl sites for hydroxylation is 1. The van der Waals surface area contributed by atoms with Crippen molar-refractivity contribution in [3.63, 3.8) is 0 Å². The van der Waals surface area contributed by atoms with Crippen molar-refractivity contribution < 1.29 is 4.79 Å². The summed E-state index contributed by atoms with van der Waals surface area (Å²) in [5, 5.41) is 4.53. The summed E-state index contributed by atoms with van der Waals surface area (Å²) in [6, 6.07) is 16.7. The van der Waals surface area contributed by atoms with E-state index in [1.807, 2.05) is 30.5 Å². The molecule has 0 saturated carbocycles. The molecule has 0 bridgehead atoms. The van der Waals surface area contributed by atoms with Crippen LogP contribution in [0.1, 0.15) is 27.5 Å². The number of hydrogen-bond acceptors (Lipinski definition) is 2. The standard InChI is InChI=1S/C22H23N3O/c1-14-6-2-3-7-16(14)21-18-11-23-10-15(18)13-25(21)22(26)19-12-24-20-9-5-4-8-17(19)20/h2-9,12,15,18,21,23-24H,10-11,13H2,1H3/t15-,18-,21-/m0/s1. The first-order valence-electron chi connectivity index (χ1n) is 9.37. The Balaban J connectivity index is 1.58. The first-order chi connectivity index (χ1) is 12.7. The van der Waals surface area contributed by atoms with Crippen LogP contribution in [0.5, 0.6) is 0 Å². The summed E-state index contributed by atoms with van der Waals surface area (Å²) in [7, 11) is 0. The molecule has 2 saturated heterocycles. The van der Waals surface area contributed by atoms with E-state index in [4.69, 9.17) is 0 Å². The lowest BCUT2D eigenvalue weighted by Crippen LogP contribution is -2.35. The lowest BCUT2D eigenvalue weighted by molar-refractivity contribution is 0.0715. The Morgan fingerprint density at radius 2 is 1.88 bits per heavy atom. The molecule has 0 aliphatic carbocycles.